The number of amides is 2. The van der Waals surface area contributed by atoms with Crippen molar-refractivity contribution in [3.05, 3.63) is 90.6 Å². The minimum atomic E-state index is -0.610. The maximum absolute atomic E-state index is 13.4. The van der Waals surface area contributed by atoms with E-state index < -0.39 is 6.09 Å². The number of carbonyl (C=O) groups is 2. The number of nitrogens with one attached hydrogen (secondary N) is 2. The highest BCUT2D eigenvalue weighted by molar-refractivity contribution is 6.08. The summed E-state index contributed by atoms with van der Waals surface area (Å²) in [5, 5.41) is 10.2. The Morgan fingerprint density at radius 3 is 2.28 bits per heavy atom. The summed E-state index contributed by atoms with van der Waals surface area (Å²) in [6, 6.07) is 23.7. The van der Waals surface area contributed by atoms with Crippen molar-refractivity contribution in [1.29, 1.82) is 0 Å². The number of methoxy groups -OCH3 is 2. The number of para-hydroxylation sites is 1. The highest BCUT2D eigenvalue weighted by Crippen LogP contribution is 2.27. The van der Waals surface area contributed by atoms with Crippen molar-refractivity contribution in [2.45, 2.75) is 0 Å². The van der Waals surface area contributed by atoms with Gasteiger partial charge in [0.25, 0.3) is 5.91 Å². The SMILES string of the molecule is COCCOC(=O)Nc1cccc(NC(=O)c2cn(-c3ccccc3)nc2-c2ccc(OC)cc2)c1. The van der Waals surface area contributed by atoms with E-state index in [4.69, 9.17) is 19.3 Å². The maximum Gasteiger partial charge on any atom is 0.411 e. The van der Waals surface area contributed by atoms with Gasteiger partial charge in [-0.3, -0.25) is 10.1 Å². The lowest BCUT2D eigenvalue weighted by atomic mass is 10.1. The first-order valence-corrected chi connectivity index (χ1v) is 11.2. The molecule has 0 aliphatic rings. The summed E-state index contributed by atoms with van der Waals surface area (Å²) < 4.78 is 16.8. The Morgan fingerprint density at radius 2 is 1.58 bits per heavy atom. The Labute approximate surface area is 208 Å². The number of anilines is 2. The number of carbonyl (C=O) groups excluding carboxylic acids is 2. The quantitative estimate of drug-likeness (QED) is 0.323. The monoisotopic (exact) mass is 486 g/mol. The Hall–Kier alpha value is -4.63. The van der Waals surface area contributed by atoms with Gasteiger partial charge in [0.05, 0.1) is 25.0 Å². The average molecular weight is 487 g/mol. The molecule has 184 valence electrons. The van der Waals surface area contributed by atoms with E-state index in [0.29, 0.717) is 35.0 Å². The molecule has 3 aromatic carbocycles. The molecule has 0 fully saturated rings. The van der Waals surface area contributed by atoms with Gasteiger partial charge in [0.2, 0.25) is 0 Å². The van der Waals surface area contributed by atoms with Crippen LogP contribution in [-0.2, 0) is 9.47 Å². The summed E-state index contributed by atoms with van der Waals surface area (Å²) >= 11 is 0. The van der Waals surface area contributed by atoms with Crippen LogP contribution in [0.25, 0.3) is 16.9 Å². The van der Waals surface area contributed by atoms with Gasteiger partial charge < -0.3 is 19.5 Å². The van der Waals surface area contributed by atoms with Gasteiger partial charge in [-0.1, -0.05) is 24.3 Å². The second kappa shape index (κ2) is 11.7. The summed E-state index contributed by atoms with van der Waals surface area (Å²) in [4.78, 5) is 25.3. The zero-order valence-electron chi connectivity index (χ0n) is 19.9. The summed E-state index contributed by atoms with van der Waals surface area (Å²) in [5.74, 6) is 0.361. The van der Waals surface area contributed by atoms with E-state index in [1.807, 2.05) is 54.6 Å². The second-order valence-electron chi connectivity index (χ2n) is 7.69. The molecule has 0 spiro atoms. The Morgan fingerprint density at radius 1 is 0.861 bits per heavy atom. The molecule has 0 aliphatic heterocycles. The molecular formula is C27H26N4O5. The minimum Gasteiger partial charge on any atom is -0.497 e. The van der Waals surface area contributed by atoms with Crippen LogP contribution in [-0.4, -0.2) is 49.2 Å². The van der Waals surface area contributed by atoms with Gasteiger partial charge >= 0.3 is 6.09 Å². The van der Waals surface area contributed by atoms with Gasteiger partial charge in [0, 0.05) is 30.2 Å². The van der Waals surface area contributed by atoms with E-state index in [0.717, 1.165) is 11.3 Å². The van der Waals surface area contributed by atoms with Crippen LogP contribution in [0.4, 0.5) is 16.2 Å². The molecule has 4 rings (SSSR count). The normalized spacial score (nSPS) is 10.5. The molecule has 0 unspecified atom stereocenters. The molecule has 1 heterocycles. The van der Waals surface area contributed by atoms with Crippen molar-refractivity contribution >= 4 is 23.4 Å². The highest BCUT2D eigenvalue weighted by Gasteiger charge is 2.19. The van der Waals surface area contributed by atoms with E-state index in [1.54, 1.807) is 42.3 Å². The predicted molar refractivity (Wildman–Crippen MR) is 137 cm³/mol. The topological polar surface area (TPSA) is 104 Å². The van der Waals surface area contributed by atoms with Gasteiger partial charge in [-0.2, -0.15) is 5.10 Å². The number of aromatic nitrogens is 2. The first-order chi connectivity index (χ1) is 17.6. The van der Waals surface area contributed by atoms with Crippen LogP contribution >= 0.6 is 0 Å². The molecule has 2 N–H and O–H groups in total. The first-order valence-electron chi connectivity index (χ1n) is 11.2. The third-order valence-corrected chi connectivity index (χ3v) is 5.23. The molecule has 0 saturated carbocycles. The Kier molecular flexibility index (Phi) is 7.94. The van der Waals surface area contributed by atoms with Gasteiger partial charge in [0.15, 0.2) is 0 Å². The molecule has 0 radical (unpaired) electrons. The summed E-state index contributed by atoms with van der Waals surface area (Å²) in [6.45, 7) is 0.439. The second-order valence-corrected chi connectivity index (χ2v) is 7.69. The van der Waals surface area contributed by atoms with Crippen LogP contribution in [0.3, 0.4) is 0 Å². The summed E-state index contributed by atoms with van der Waals surface area (Å²) in [6.07, 6.45) is 1.08. The maximum atomic E-state index is 13.4. The zero-order chi connectivity index (χ0) is 25.3. The average Bonchev–Trinajstić information content (AvgIpc) is 3.35. The van der Waals surface area contributed by atoms with Crippen molar-refractivity contribution in [2.24, 2.45) is 0 Å². The third kappa shape index (κ3) is 6.08. The fraction of sp³-hybridized carbons (Fsp3) is 0.148. The molecular weight excluding hydrogens is 460 g/mol. The first kappa shape index (κ1) is 24.5. The molecule has 0 atom stereocenters. The van der Waals surface area contributed by atoms with E-state index in [2.05, 4.69) is 10.6 Å². The number of nitrogens with zero attached hydrogens (tertiary/aromatic N) is 2. The van der Waals surface area contributed by atoms with Gasteiger partial charge in [-0.15, -0.1) is 0 Å². The smallest absolute Gasteiger partial charge is 0.411 e. The molecule has 9 nitrogen and oxygen atoms in total. The molecule has 0 bridgehead atoms. The van der Waals surface area contributed by atoms with Gasteiger partial charge in [-0.05, 0) is 54.6 Å². The number of hydrogen-bond acceptors (Lipinski definition) is 6. The van der Waals surface area contributed by atoms with Crippen molar-refractivity contribution < 1.29 is 23.8 Å². The van der Waals surface area contributed by atoms with Crippen LogP contribution in [0.2, 0.25) is 0 Å². The van der Waals surface area contributed by atoms with Crippen LogP contribution in [0, 0.1) is 0 Å². The Balaban J connectivity index is 1.58. The molecule has 9 heteroatoms. The van der Waals surface area contributed by atoms with Crippen LogP contribution < -0.4 is 15.4 Å². The predicted octanol–water partition coefficient (Wildman–Crippen LogP) is 5.00. The standard InChI is InChI=1S/C27H26N4O5/c1-34-15-16-36-27(33)29-21-8-6-7-20(17-21)28-26(32)24-18-31(22-9-4-3-5-10-22)30-25(24)19-11-13-23(35-2)14-12-19/h3-14,17-18H,15-16H2,1-2H3,(H,28,32)(H,29,33). The largest absolute Gasteiger partial charge is 0.497 e. The molecule has 1 aromatic heterocycles. The molecule has 0 aliphatic carbocycles. The van der Waals surface area contributed by atoms with E-state index in [-0.39, 0.29) is 12.5 Å². The summed E-state index contributed by atoms with van der Waals surface area (Å²) in [7, 11) is 3.12. The molecule has 36 heavy (non-hydrogen) atoms. The molecule has 4 aromatic rings. The lowest BCUT2D eigenvalue weighted by Crippen LogP contribution is -2.17. The molecule has 0 saturated heterocycles. The van der Waals surface area contributed by atoms with Crippen LogP contribution in [0.1, 0.15) is 10.4 Å². The van der Waals surface area contributed by atoms with Crippen molar-refractivity contribution in [2.75, 3.05) is 38.1 Å². The van der Waals surface area contributed by atoms with Crippen molar-refractivity contribution in [3.8, 4) is 22.7 Å². The van der Waals surface area contributed by atoms with Crippen molar-refractivity contribution in [1.82, 2.24) is 9.78 Å². The number of benzene rings is 3. The Bertz CT molecular complexity index is 1320. The number of ether oxygens (including phenoxy) is 3. The zero-order valence-corrected chi connectivity index (χ0v) is 19.9. The van der Waals surface area contributed by atoms with Gasteiger partial charge in [-0.25, -0.2) is 9.48 Å². The fourth-order valence-corrected chi connectivity index (χ4v) is 3.46. The van der Waals surface area contributed by atoms with E-state index >= 15 is 0 Å². The van der Waals surface area contributed by atoms with Crippen LogP contribution in [0.15, 0.2) is 85.1 Å². The number of rotatable bonds is 9. The lowest BCUT2D eigenvalue weighted by Gasteiger charge is -2.09. The van der Waals surface area contributed by atoms with E-state index in [1.165, 1.54) is 7.11 Å². The fourth-order valence-electron chi connectivity index (χ4n) is 3.46. The highest BCUT2D eigenvalue weighted by atomic mass is 16.6. The van der Waals surface area contributed by atoms with Crippen LogP contribution in [0.5, 0.6) is 5.75 Å². The lowest BCUT2D eigenvalue weighted by molar-refractivity contribution is 0.102. The van der Waals surface area contributed by atoms with Crippen molar-refractivity contribution in [3.63, 3.8) is 0 Å². The third-order valence-electron chi connectivity index (χ3n) is 5.23. The number of hydrogen-bond donors (Lipinski definition) is 2. The van der Waals surface area contributed by atoms with Gasteiger partial charge in [0.1, 0.15) is 18.1 Å². The minimum absolute atomic E-state index is 0.137. The molecule has 2 amide bonds. The summed E-state index contributed by atoms with van der Waals surface area (Å²) in [5.41, 5.74) is 3.49. The van der Waals surface area contributed by atoms with E-state index in [9.17, 15) is 9.59 Å².